The molecule has 0 N–H and O–H groups in total. The van der Waals surface area contributed by atoms with Crippen LogP contribution in [-0.2, 0) is 0 Å². The summed E-state index contributed by atoms with van der Waals surface area (Å²) < 4.78 is 6.75. The predicted octanol–water partition coefficient (Wildman–Crippen LogP) is 19.0. The lowest BCUT2D eigenvalue weighted by molar-refractivity contribution is 0.922. The normalized spacial score (nSPS) is 11.5. The van der Waals surface area contributed by atoms with Crippen molar-refractivity contribution in [1.82, 2.24) is 163 Å². The summed E-state index contributed by atoms with van der Waals surface area (Å²) in [5, 5.41) is 6.55. The molecule has 0 fully saturated rings. The van der Waals surface area contributed by atoms with E-state index in [1.165, 1.54) is 0 Å². The summed E-state index contributed by atoms with van der Waals surface area (Å²) in [6, 6.07) is 60.6. The minimum Gasteiger partial charge on any atom is -0.309 e. The highest BCUT2D eigenvalue weighted by molar-refractivity contribution is 6.14. The van der Waals surface area contributed by atoms with Crippen LogP contribution >= 0.6 is 0 Å². The third-order valence-electron chi connectivity index (χ3n) is 22.9. The molecular weight excluding hydrogens is 1710 g/mol. The van der Waals surface area contributed by atoms with E-state index in [1.807, 2.05) is 163 Å². The van der Waals surface area contributed by atoms with Crippen LogP contribution in [0, 0.1) is 138 Å². The minimum atomic E-state index is 0.536. The molecule has 137 heavy (non-hydrogen) atoms. The van der Waals surface area contributed by atoms with Gasteiger partial charge >= 0.3 is 0 Å². The molecule has 0 spiro atoms. The topological polar surface area (TPSA) is 401 Å². The van der Waals surface area contributed by atoms with Crippen molar-refractivity contribution in [2.75, 3.05) is 0 Å². The van der Waals surface area contributed by atoms with E-state index in [2.05, 4.69) is 285 Å². The zero-order valence-corrected chi connectivity index (χ0v) is 79.0. The van der Waals surface area contributed by atoms with Gasteiger partial charge in [-0.25, -0.2) is 150 Å². The number of fused-ring (bicyclic) bond motifs is 9. The standard InChI is InChI=1S/C38H33N13.2C33H28N10/c1-18-39-19(2)44-35(43-18)26-11-14-32(31(15-26)38-49-24(7)42-25(8)50-38)51-33-16-27(36-45-20(3)40-21(4)46-36)9-12-29(33)30-13-10-28(17-34(30)51)37-47-22(5)41-23(6)48-37;1-17-34-18(2)38-31(37-17)23-12-14-29(27(15-23)33-41-21(5)36-22(6)42-33)43-28-10-8-7-9-25(28)26-13-11-24(16-30(26)43)32-39-19(3)35-20(4)40-32;1-17-34-18(2)38-31(37-17)23-11-13-29-26(15-23)25-9-7-8-10-28(25)43(29)30-14-12-24(32-39-19(3)35-20(4)40-32)16-27(30)33-41-21(5)36-22(6)42-33/h9-17H,1-8H3;2*7-16H,1-6H3. The zero-order chi connectivity index (χ0) is 95.2. The maximum Gasteiger partial charge on any atom is 0.165 e. The van der Waals surface area contributed by atoms with Crippen LogP contribution in [0.15, 0.2) is 176 Å². The van der Waals surface area contributed by atoms with Crippen molar-refractivity contribution in [2.24, 2.45) is 0 Å². The fourth-order valence-corrected chi connectivity index (χ4v) is 17.9. The SMILES string of the molecule is Cc1nc(C)nc(-c2ccc(-n3c4cc(-c5nc(C)nc(C)n5)ccc4c4ccc(-c5nc(C)nc(C)n5)cc43)c(-c3nc(C)nc(C)n3)c2)n1.Cc1nc(C)nc(-c2ccc(-n3c4ccccc4c4cc(-c5nc(C)nc(C)n5)ccc43)c(-c3nc(C)nc(C)n3)c2)n1.Cc1nc(C)nc(-c2ccc(-n3c4ccccc4c4ccc(-c5nc(C)nc(C)n5)cc43)c(-c3nc(C)nc(C)n3)c2)n1. The second-order valence-corrected chi connectivity index (χ2v) is 33.7. The van der Waals surface area contributed by atoms with E-state index in [-0.39, 0.29) is 0 Å². The second-order valence-electron chi connectivity index (χ2n) is 33.7. The van der Waals surface area contributed by atoms with E-state index in [4.69, 9.17) is 29.9 Å². The molecule has 13 heterocycles. The molecule has 0 saturated heterocycles. The molecule has 0 radical (unpaired) electrons. The van der Waals surface area contributed by atoms with Gasteiger partial charge in [-0.2, -0.15) is 0 Å². The van der Waals surface area contributed by atoms with Crippen molar-refractivity contribution in [3.05, 3.63) is 292 Å². The number of hydrogen-bond acceptors (Lipinski definition) is 30. The van der Waals surface area contributed by atoms with Gasteiger partial charge in [-0.1, -0.05) is 72.8 Å². The molecule has 13 aromatic heterocycles. The number of nitrogens with zero attached hydrogens (tertiary/aromatic N) is 33. The van der Waals surface area contributed by atoms with Crippen LogP contribution in [0.25, 0.3) is 196 Å². The second kappa shape index (κ2) is 35.2. The van der Waals surface area contributed by atoms with Crippen LogP contribution in [0.1, 0.15) is 116 Å². The van der Waals surface area contributed by atoms with Gasteiger partial charge in [0.05, 0.1) is 50.2 Å². The molecule has 0 saturated carbocycles. The summed E-state index contributed by atoms with van der Waals surface area (Å²) in [6.07, 6.45) is 0. The lowest BCUT2D eigenvalue weighted by atomic mass is 10.1. The first-order valence-corrected chi connectivity index (χ1v) is 44.5. The van der Waals surface area contributed by atoms with Gasteiger partial charge in [0.25, 0.3) is 0 Å². The Balaban J connectivity index is 0.000000128. The first-order valence-electron chi connectivity index (χ1n) is 44.5. The lowest BCUT2D eigenvalue weighted by Crippen LogP contribution is -2.05. The Morgan fingerprint density at radius 1 is 0.131 bits per heavy atom. The van der Waals surface area contributed by atoms with Crippen LogP contribution < -0.4 is 0 Å². The molecule has 0 bridgehead atoms. The first kappa shape index (κ1) is 87.5. The molecule has 33 nitrogen and oxygen atoms in total. The molecule has 0 aliphatic carbocycles. The molecule has 0 aliphatic heterocycles. The first-order chi connectivity index (χ1) is 65.9. The number of aryl methyl sites for hydroxylation is 20. The smallest absolute Gasteiger partial charge is 0.165 e. The molecule has 0 aliphatic rings. The third-order valence-corrected chi connectivity index (χ3v) is 22.9. The summed E-state index contributed by atoms with van der Waals surface area (Å²) >= 11 is 0. The number of para-hydroxylation sites is 2. The van der Waals surface area contributed by atoms with Crippen molar-refractivity contribution >= 4 is 65.4 Å². The van der Waals surface area contributed by atoms with E-state index in [1.54, 1.807) is 0 Å². The fraction of sp³-hybridized carbons (Fsp3) is 0.192. The number of aromatic nitrogens is 33. The van der Waals surface area contributed by atoms with Gasteiger partial charge in [0, 0.05) is 88.0 Å². The predicted molar refractivity (Wildman–Crippen MR) is 525 cm³/mol. The van der Waals surface area contributed by atoms with Gasteiger partial charge in [0.15, 0.2) is 58.2 Å². The van der Waals surface area contributed by atoms with Crippen molar-refractivity contribution in [3.8, 4) is 131 Å². The maximum atomic E-state index is 4.83. The Bertz CT molecular complexity index is 8400. The highest BCUT2D eigenvalue weighted by Crippen LogP contribution is 2.44. The number of hydrogen-bond donors (Lipinski definition) is 0. The van der Waals surface area contributed by atoms with Crippen LogP contribution in [-0.4, -0.2) is 163 Å². The van der Waals surface area contributed by atoms with Crippen LogP contribution in [0.4, 0.5) is 0 Å². The molecule has 0 atom stereocenters. The van der Waals surface area contributed by atoms with E-state index in [0.717, 1.165) is 138 Å². The van der Waals surface area contributed by atoms with Crippen molar-refractivity contribution in [3.63, 3.8) is 0 Å². The van der Waals surface area contributed by atoms with Crippen molar-refractivity contribution in [2.45, 2.75) is 138 Å². The summed E-state index contributed by atoms with van der Waals surface area (Å²) in [4.78, 5) is 138. The van der Waals surface area contributed by atoms with Crippen LogP contribution in [0.5, 0.6) is 0 Å². The van der Waals surface area contributed by atoms with Gasteiger partial charge in [0.1, 0.15) is 116 Å². The molecule has 33 heteroatoms. The largest absolute Gasteiger partial charge is 0.309 e. The quantitative estimate of drug-likeness (QED) is 0.103. The molecule has 9 aromatic carbocycles. The van der Waals surface area contributed by atoms with Crippen LogP contribution in [0.2, 0.25) is 0 Å². The van der Waals surface area contributed by atoms with E-state index in [9.17, 15) is 0 Å². The minimum absolute atomic E-state index is 0.536. The average Bonchev–Trinajstić information content (AvgIpc) is 1.59. The van der Waals surface area contributed by atoms with Gasteiger partial charge in [-0.05, 0) is 242 Å². The highest BCUT2D eigenvalue weighted by Gasteiger charge is 2.27. The van der Waals surface area contributed by atoms with Crippen LogP contribution in [0.3, 0.4) is 0 Å². The number of benzene rings is 9. The lowest BCUT2D eigenvalue weighted by Gasteiger charge is -2.16. The number of rotatable bonds is 13. The molecule has 0 unspecified atom stereocenters. The molecular formula is C104H89N33. The molecule has 22 aromatic rings. The Morgan fingerprint density at radius 2 is 0.299 bits per heavy atom. The van der Waals surface area contributed by atoms with Gasteiger partial charge in [-0.15, -0.1) is 0 Å². The Morgan fingerprint density at radius 3 is 0.547 bits per heavy atom. The highest BCUT2D eigenvalue weighted by atomic mass is 15.1. The molecule has 670 valence electrons. The van der Waals surface area contributed by atoms with E-state index < -0.39 is 0 Å². The van der Waals surface area contributed by atoms with E-state index >= 15 is 0 Å². The van der Waals surface area contributed by atoms with Gasteiger partial charge < -0.3 is 13.7 Å². The Labute approximate surface area is 786 Å². The maximum absolute atomic E-state index is 4.83. The summed E-state index contributed by atoms with van der Waals surface area (Å²) in [6.45, 7) is 37.5. The summed E-state index contributed by atoms with van der Waals surface area (Å²) in [7, 11) is 0. The molecule has 22 rings (SSSR count). The van der Waals surface area contributed by atoms with E-state index in [0.29, 0.717) is 175 Å². The summed E-state index contributed by atoms with van der Waals surface area (Å²) in [5.74, 6) is 19.2. The summed E-state index contributed by atoms with van der Waals surface area (Å²) in [5.41, 5.74) is 17.3. The monoisotopic (exact) mass is 1800 g/mol. The fourth-order valence-electron chi connectivity index (χ4n) is 17.9. The third kappa shape index (κ3) is 17.5. The molecule has 0 amide bonds. The van der Waals surface area contributed by atoms with Crippen molar-refractivity contribution in [1.29, 1.82) is 0 Å². The van der Waals surface area contributed by atoms with Gasteiger partial charge in [0.2, 0.25) is 0 Å². The Hall–Kier alpha value is -17.5. The van der Waals surface area contributed by atoms with Crippen molar-refractivity contribution < 1.29 is 0 Å². The average molecular weight is 1800 g/mol. The van der Waals surface area contributed by atoms with Gasteiger partial charge in [-0.3, -0.25) is 0 Å². The Kier molecular flexibility index (Phi) is 22.5. The zero-order valence-electron chi connectivity index (χ0n) is 79.0.